The monoisotopic (exact) mass is 316 g/mol. The van der Waals surface area contributed by atoms with E-state index in [1.165, 1.54) is 0 Å². The van der Waals surface area contributed by atoms with Gasteiger partial charge in [-0.2, -0.15) is 5.10 Å². The van der Waals surface area contributed by atoms with Crippen LogP contribution >= 0.6 is 11.6 Å². The number of aryl methyl sites for hydroxylation is 2. The highest BCUT2D eigenvalue weighted by Gasteiger charge is 2.17. The first-order chi connectivity index (χ1) is 10.6. The predicted octanol–water partition coefficient (Wildman–Crippen LogP) is 2.46. The van der Waals surface area contributed by atoms with Crippen LogP contribution in [0.2, 0.25) is 5.02 Å². The molecule has 3 N–H and O–H groups in total. The fraction of sp³-hybridized carbons (Fsp3) is 0.267. The SMILES string of the molecule is Cc1nc(NCCN)c2c(C)nn(-c3ccccc3Cl)c2n1. The van der Waals surface area contributed by atoms with E-state index in [2.05, 4.69) is 20.4 Å². The number of nitrogens with zero attached hydrogens (tertiary/aromatic N) is 4. The van der Waals surface area contributed by atoms with Gasteiger partial charge >= 0.3 is 0 Å². The lowest BCUT2D eigenvalue weighted by Gasteiger charge is -2.08. The third-order valence-electron chi connectivity index (χ3n) is 3.33. The summed E-state index contributed by atoms with van der Waals surface area (Å²) in [6.07, 6.45) is 0. The molecule has 3 aromatic rings. The number of rotatable bonds is 4. The molecule has 7 heteroatoms. The maximum atomic E-state index is 6.30. The highest BCUT2D eigenvalue weighted by Crippen LogP contribution is 2.28. The maximum absolute atomic E-state index is 6.30. The smallest absolute Gasteiger partial charge is 0.169 e. The Hall–Kier alpha value is -2.18. The van der Waals surface area contributed by atoms with Crippen LogP contribution in [-0.2, 0) is 0 Å². The van der Waals surface area contributed by atoms with E-state index in [-0.39, 0.29) is 0 Å². The van der Waals surface area contributed by atoms with Crippen LogP contribution in [0.3, 0.4) is 0 Å². The molecule has 0 aliphatic rings. The summed E-state index contributed by atoms with van der Waals surface area (Å²) in [6.45, 7) is 4.96. The van der Waals surface area contributed by atoms with Gasteiger partial charge in [-0.3, -0.25) is 0 Å². The molecule has 2 heterocycles. The largest absolute Gasteiger partial charge is 0.368 e. The lowest BCUT2D eigenvalue weighted by atomic mass is 10.3. The summed E-state index contributed by atoms with van der Waals surface area (Å²) >= 11 is 6.30. The highest BCUT2D eigenvalue weighted by atomic mass is 35.5. The minimum absolute atomic E-state index is 0.530. The van der Waals surface area contributed by atoms with Gasteiger partial charge in [0.25, 0.3) is 0 Å². The molecule has 0 radical (unpaired) electrons. The molecule has 0 saturated carbocycles. The van der Waals surface area contributed by atoms with Gasteiger partial charge in [0.05, 0.1) is 21.8 Å². The van der Waals surface area contributed by atoms with Gasteiger partial charge in [-0.05, 0) is 26.0 Å². The first kappa shape index (κ1) is 14.7. The van der Waals surface area contributed by atoms with Crippen LogP contribution < -0.4 is 11.1 Å². The molecule has 0 spiro atoms. The first-order valence-corrected chi connectivity index (χ1v) is 7.42. The average molecular weight is 317 g/mol. The Morgan fingerprint density at radius 1 is 1.23 bits per heavy atom. The van der Waals surface area contributed by atoms with Gasteiger partial charge in [0.2, 0.25) is 0 Å². The van der Waals surface area contributed by atoms with Crippen LogP contribution in [0.15, 0.2) is 24.3 Å². The van der Waals surface area contributed by atoms with Crippen molar-refractivity contribution in [2.75, 3.05) is 18.4 Å². The van der Waals surface area contributed by atoms with Crippen LogP contribution in [0, 0.1) is 13.8 Å². The second-order valence-corrected chi connectivity index (χ2v) is 5.39. The third-order valence-corrected chi connectivity index (χ3v) is 3.65. The number of nitrogens with one attached hydrogen (secondary N) is 1. The molecule has 0 unspecified atom stereocenters. The van der Waals surface area contributed by atoms with E-state index in [9.17, 15) is 0 Å². The number of hydrogen-bond donors (Lipinski definition) is 2. The number of aromatic nitrogens is 4. The van der Waals surface area contributed by atoms with Gasteiger partial charge < -0.3 is 11.1 Å². The quantitative estimate of drug-likeness (QED) is 0.772. The average Bonchev–Trinajstić information content (AvgIpc) is 2.82. The van der Waals surface area contributed by atoms with E-state index in [0.29, 0.717) is 23.9 Å². The van der Waals surface area contributed by atoms with Gasteiger partial charge in [0, 0.05) is 13.1 Å². The summed E-state index contributed by atoms with van der Waals surface area (Å²) in [5.74, 6) is 1.42. The first-order valence-electron chi connectivity index (χ1n) is 7.04. The van der Waals surface area contributed by atoms with Crippen molar-refractivity contribution in [3.05, 3.63) is 40.8 Å². The molecule has 0 aliphatic heterocycles. The lowest BCUT2D eigenvalue weighted by molar-refractivity contribution is 0.872. The van der Waals surface area contributed by atoms with Crippen molar-refractivity contribution >= 4 is 28.5 Å². The number of anilines is 1. The summed E-state index contributed by atoms with van der Waals surface area (Å²) in [4.78, 5) is 9.01. The molecule has 0 aliphatic carbocycles. The van der Waals surface area contributed by atoms with E-state index in [1.54, 1.807) is 4.68 Å². The van der Waals surface area contributed by atoms with Crippen molar-refractivity contribution in [3.63, 3.8) is 0 Å². The second kappa shape index (κ2) is 5.90. The highest BCUT2D eigenvalue weighted by molar-refractivity contribution is 6.32. The van der Waals surface area contributed by atoms with Gasteiger partial charge in [-0.1, -0.05) is 23.7 Å². The van der Waals surface area contributed by atoms with Crippen molar-refractivity contribution in [1.29, 1.82) is 0 Å². The van der Waals surface area contributed by atoms with E-state index in [1.807, 2.05) is 38.1 Å². The molecule has 3 rings (SSSR count). The van der Waals surface area contributed by atoms with Crippen LogP contribution in [-0.4, -0.2) is 32.8 Å². The maximum Gasteiger partial charge on any atom is 0.169 e. The van der Waals surface area contributed by atoms with Crippen molar-refractivity contribution in [2.45, 2.75) is 13.8 Å². The van der Waals surface area contributed by atoms with Crippen molar-refractivity contribution in [3.8, 4) is 5.69 Å². The van der Waals surface area contributed by atoms with E-state index < -0.39 is 0 Å². The minimum Gasteiger partial charge on any atom is -0.368 e. The zero-order valence-electron chi connectivity index (χ0n) is 12.5. The van der Waals surface area contributed by atoms with E-state index in [0.717, 1.165) is 28.2 Å². The molecule has 114 valence electrons. The zero-order valence-corrected chi connectivity index (χ0v) is 13.2. The van der Waals surface area contributed by atoms with Gasteiger partial charge in [-0.25, -0.2) is 14.6 Å². The normalized spacial score (nSPS) is 11.1. The Kier molecular flexibility index (Phi) is 3.96. The number of para-hydroxylation sites is 1. The summed E-state index contributed by atoms with van der Waals surface area (Å²) in [5.41, 5.74) is 7.94. The fourth-order valence-electron chi connectivity index (χ4n) is 2.40. The summed E-state index contributed by atoms with van der Waals surface area (Å²) < 4.78 is 1.76. The molecule has 0 saturated heterocycles. The number of hydrogen-bond acceptors (Lipinski definition) is 5. The molecule has 6 nitrogen and oxygen atoms in total. The van der Waals surface area contributed by atoms with Gasteiger partial charge in [-0.15, -0.1) is 0 Å². The molecule has 0 fully saturated rings. The fourth-order valence-corrected chi connectivity index (χ4v) is 2.62. The Morgan fingerprint density at radius 3 is 2.73 bits per heavy atom. The molecular formula is C15H17ClN6. The number of halogens is 1. The topological polar surface area (TPSA) is 81.6 Å². The third kappa shape index (κ3) is 2.51. The molecule has 22 heavy (non-hydrogen) atoms. The van der Waals surface area contributed by atoms with Crippen LogP contribution in [0.25, 0.3) is 16.7 Å². The zero-order chi connectivity index (χ0) is 15.7. The van der Waals surface area contributed by atoms with Crippen LogP contribution in [0.4, 0.5) is 5.82 Å². The van der Waals surface area contributed by atoms with Gasteiger partial charge in [0.15, 0.2) is 5.65 Å². The molecular weight excluding hydrogens is 300 g/mol. The molecule has 0 amide bonds. The Labute approximate surface area is 133 Å². The Bertz CT molecular complexity index is 826. The Balaban J connectivity index is 2.26. The number of nitrogens with two attached hydrogens (primary N) is 1. The van der Waals surface area contributed by atoms with Crippen molar-refractivity contribution < 1.29 is 0 Å². The lowest BCUT2D eigenvalue weighted by Crippen LogP contribution is -2.14. The second-order valence-electron chi connectivity index (χ2n) is 4.98. The Morgan fingerprint density at radius 2 is 2.00 bits per heavy atom. The summed E-state index contributed by atoms with van der Waals surface area (Å²) in [7, 11) is 0. The van der Waals surface area contributed by atoms with Crippen LogP contribution in [0.5, 0.6) is 0 Å². The summed E-state index contributed by atoms with van der Waals surface area (Å²) in [5, 5.41) is 9.34. The van der Waals surface area contributed by atoms with Gasteiger partial charge in [0.1, 0.15) is 11.6 Å². The van der Waals surface area contributed by atoms with Crippen LogP contribution in [0.1, 0.15) is 11.5 Å². The molecule has 0 bridgehead atoms. The minimum atomic E-state index is 0.530. The van der Waals surface area contributed by atoms with E-state index in [4.69, 9.17) is 17.3 Å². The predicted molar refractivity (Wildman–Crippen MR) is 88.7 cm³/mol. The van der Waals surface area contributed by atoms with E-state index >= 15 is 0 Å². The number of benzene rings is 1. The van der Waals surface area contributed by atoms with Crippen molar-refractivity contribution in [2.24, 2.45) is 5.73 Å². The number of fused-ring (bicyclic) bond motifs is 1. The molecule has 2 aromatic heterocycles. The molecule has 0 atom stereocenters. The standard InChI is InChI=1S/C15H17ClN6/c1-9-13-14(18-8-7-17)19-10(2)20-15(13)22(21-9)12-6-4-3-5-11(12)16/h3-6H,7-8,17H2,1-2H3,(H,18,19,20). The summed E-state index contributed by atoms with van der Waals surface area (Å²) in [6, 6.07) is 7.56. The van der Waals surface area contributed by atoms with Crippen molar-refractivity contribution in [1.82, 2.24) is 19.7 Å². The molecule has 1 aromatic carbocycles.